The lowest BCUT2D eigenvalue weighted by Crippen LogP contribution is -2.43. The molecule has 29 heavy (non-hydrogen) atoms. The Morgan fingerprint density at radius 1 is 1.17 bits per heavy atom. The summed E-state index contributed by atoms with van der Waals surface area (Å²) in [5, 5.41) is 0.641. The van der Waals surface area contributed by atoms with Crippen molar-refractivity contribution in [2.75, 3.05) is 26.2 Å². The number of fused-ring (bicyclic) bond motifs is 3. The standard InChI is InChI=1S/C21H29N3O4S/c1-3-28-17(25)13-24-19(26)18-15-7-6-14(2)12-16(15)29-20(18)23(21(24)27)11-10-22-8-4-5-9-22/h14H,3-13H2,1-2H3/t14-/m0/s1. The molecule has 7 nitrogen and oxygen atoms in total. The van der Waals surface area contributed by atoms with Gasteiger partial charge in [0.15, 0.2) is 0 Å². The van der Waals surface area contributed by atoms with E-state index in [1.165, 1.54) is 17.7 Å². The van der Waals surface area contributed by atoms with Crippen LogP contribution < -0.4 is 11.2 Å². The molecule has 4 rings (SSSR count). The van der Waals surface area contributed by atoms with E-state index in [0.717, 1.165) is 53.9 Å². The average Bonchev–Trinajstić information content (AvgIpc) is 3.32. The molecule has 0 bridgehead atoms. The molecule has 0 unspecified atom stereocenters. The summed E-state index contributed by atoms with van der Waals surface area (Å²) in [5.41, 5.74) is 0.338. The Hall–Kier alpha value is -1.93. The monoisotopic (exact) mass is 419 g/mol. The molecule has 0 aromatic carbocycles. The van der Waals surface area contributed by atoms with E-state index in [4.69, 9.17) is 4.74 Å². The second kappa shape index (κ2) is 8.44. The molecule has 1 atom stereocenters. The minimum atomic E-state index is -0.546. The van der Waals surface area contributed by atoms with E-state index in [-0.39, 0.29) is 18.7 Å². The van der Waals surface area contributed by atoms with Crippen LogP contribution in [-0.2, 0) is 35.5 Å². The lowest BCUT2D eigenvalue weighted by molar-refractivity contribution is -0.143. The number of hydrogen-bond acceptors (Lipinski definition) is 6. The highest BCUT2D eigenvalue weighted by Gasteiger charge is 2.26. The quantitative estimate of drug-likeness (QED) is 0.670. The number of rotatable bonds is 6. The molecule has 0 amide bonds. The van der Waals surface area contributed by atoms with Gasteiger partial charge in [0.1, 0.15) is 11.4 Å². The maximum atomic E-state index is 13.3. The molecule has 158 valence electrons. The molecule has 1 saturated heterocycles. The third-order valence-electron chi connectivity index (χ3n) is 6.09. The Morgan fingerprint density at radius 2 is 1.93 bits per heavy atom. The molecule has 0 N–H and O–H groups in total. The van der Waals surface area contributed by atoms with Gasteiger partial charge in [0.05, 0.1) is 12.0 Å². The second-order valence-electron chi connectivity index (χ2n) is 8.21. The number of ether oxygens (including phenoxy) is 1. The minimum absolute atomic E-state index is 0.227. The largest absolute Gasteiger partial charge is 0.465 e. The summed E-state index contributed by atoms with van der Waals surface area (Å²) in [7, 11) is 0. The normalized spacial score (nSPS) is 19.6. The highest BCUT2D eigenvalue weighted by molar-refractivity contribution is 7.18. The first-order valence-corrected chi connectivity index (χ1v) is 11.5. The molecule has 2 aliphatic rings. The first kappa shape index (κ1) is 20.3. The van der Waals surface area contributed by atoms with Crippen molar-refractivity contribution in [3.63, 3.8) is 0 Å². The van der Waals surface area contributed by atoms with Crippen molar-refractivity contribution in [1.29, 1.82) is 0 Å². The lowest BCUT2D eigenvalue weighted by atomic mass is 9.89. The van der Waals surface area contributed by atoms with Crippen LogP contribution in [0, 0.1) is 5.92 Å². The van der Waals surface area contributed by atoms with Crippen LogP contribution in [0.3, 0.4) is 0 Å². The number of carbonyl (C=O) groups is 1. The van der Waals surface area contributed by atoms with Gasteiger partial charge in [-0.25, -0.2) is 9.36 Å². The number of carbonyl (C=O) groups excluding carboxylic acids is 1. The van der Waals surface area contributed by atoms with Gasteiger partial charge in [-0.2, -0.15) is 0 Å². The predicted molar refractivity (Wildman–Crippen MR) is 114 cm³/mol. The van der Waals surface area contributed by atoms with Crippen molar-refractivity contribution >= 4 is 27.5 Å². The Bertz CT molecular complexity index is 1030. The molecule has 0 radical (unpaired) electrons. The summed E-state index contributed by atoms with van der Waals surface area (Å²) in [5.74, 6) is 0.0388. The van der Waals surface area contributed by atoms with Crippen LogP contribution in [0.4, 0.5) is 0 Å². The summed E-state index contributed by atoms with van der Waals surface area (Å²) >= 11 is 1.59. The summed E-state index contributed by atoms with van der Waals surface area (Å²) in [4.78, 5) is 42.9. The summed E-state index contributed by atoms with van der Waals surface area (Å²) < 4.78 is 7.81. The Balaban J connectivity index is 1.82. The Morgan fingerprint density at radius 3 is 2.66 bits per heavy atom. The molecular formula is C21H29N3O4S. The van der Waals surface area contributed by atoms with E-state index in [1.807, 2.05) is 0 Å². The predicted octanol–water partition coefficient (Wildman–Crippen LogP) is 2.01. The van der Waals surface area contributed by atoms with Gasteiger partial charge in [-0.05, 0) is 63.6 Å². The molecule has 3 heterocycles. The number of hydrogen-bond donors (Lipinski definition) is 0. The number of likely N-dealkylation sites (tertiary alicyclic amines) is 1. The van der Waals surface area contributed by atoms with Crippen molar-refractivity contribution in [2.45, 2.75) is 59.0 Å². The number of esters is 1. The number of aryl methyl sites for hydroxylation is 1. The van der Waals surface area contributed by atoms with Gasteiger partial charge in [-0.15, -0.1) is 11.3 Å². The fourth-order valence-electron chi connectivity index (χ4n) is 4.52. The zero-order valence-corrected chi connectivity index (χ0v) is 18.1. The number of aromatic nitrogens is 2. The fourth-order valence-corrected chi connectivity index (χ4v) is 6.04. The molecular weight excluding hydrogens is 390 g/mol. The van der Waals surface area contributed by atoms with E-state index in [9.17, 15) is 14.4 Å². The van der Waals surface area contributed by atoms with Gasteiger partial charge in [-0.1, -0.05) is 6.92 Å². The van der Waals surface area contributed by atoms with E-state index in [0.29, 0.717) is 17.8 Å². The fraction of sp³-hybridized carbons (Fsp3) is 0.667. The highest BCUT2D eigenvalue weighted by Crippen LogP contribution is 2.36. The SMILES string of the molecule is CCOC(=O)Cn1c(=O)c2c3c(sc2n(CCN2CCCC2)c1=O)C[C@@H](C)CC3. The maximum Gasteiger partial charge on any atom is 0.332 e. The molecule has 0 spiro atoms. The lowest BCUT2D eigenvalue weighted by Gasteiger charge is -2.18. The molecule has 1 fully saturated rings. The van der Waals surface area contributed by atoms with E-state index in [2.05, 4.69) is 11.8 Å². The van der Waals surface area contributed by atoms with E-state index >= 15 is 0 Å². The van der Waals surface area contributed by atoms with Crippen molar-refractivity contribution in [3.05, 3.63) is 31.3 Å². The highest BCUT2D eigenvalue weighted by atomic mass is 32.1. The summed E-state index contributed by atoms with van der Waals surface area (Å²) in [6.07, 6.45) is 5.24. The minimum Gasteiger partial charge on any atom is -0.465 e. The van der Waals surface area contributed by atoms with Crippen molar-refractivity contribution in [1.82, 2.24) is 14.0 Å². The second-order valence-corrected chi connectivity index (χ2v) is 9.29. The number of nitrogens with zero attached hydrogens (tertiary/aromatic N) is 3. The van der Waals surface area contributed by atoms with Gasteiger partial charge < -0.3 is 9.64 Å². The molecule has 1 aliphatic heterocycles. The first-order chi connectivity index (χ1) is 14.0. The topological polar surface area (TPSA) is 73.5 Å². The van der Waals surface area contributed by atoms with Crippen molar-refractivity contribution < 1.29 is 9.53 Å². The summed E-state index contributed by atoms with van der Waals surface area (Å²) in [6, 6.07) is 0. The summed E-state index contributed by atoms with van der Waals surface area (Å²) in [6.45, 7) is 7.27. The van der Waals surface area contributed by atoms with Crippen LogP contribution in [0.5, 0.6) is 0 Å². The van der Waals surface area contributed by atoms with Gasteiger partial charge in [-0.3, -0.25) is 14.2 Å². The van der Waals surface area contributed by atoms with Crippen LogP contribution in [0.25, 0.3) is 10.2 Å². The van der Waals surface area contributed by atoms with E-state index in [1.54, 1.807) is 22.8 Å². The van der Waals surface area contributed by atoms with Crippen LogP contribution in [0.2, 0.25) is 0 Å². The average molecular weight is 420 g/mol. The van der Waals surface area contributed by atoms with Crippen LogP contribution in [-0.4, -0.2) is 46.2 Å². The van der Waals surface area contributed by atoms with Crippen LogP contribution >= 0.6 is 11.3 Å². The van der Waals surface area contributed by atoms with E-state index < -0.39 is 11.7 Å². The zero-order chi connectivity index (χ0) is 20.5. The molecule has 2 aromatic rings. The smallest absolute Gasteiger partial charge is 0.332 e. The molecule has 2 aromatic heterocycles. The van der Waals surface area contributed by atoms with Crippen molar-refractivity contribution in [3.8, 4) is 0 Å². The van der Waals surface area contributed by atoms with Gasteiger partial charge >= 0.3 is 11.7 Å². The Kier molecular flexibility index (Phi) is 5.92. The van der Waals surface area contributed by atoms with Crippen molar-refractivity contribution in [2.24, 2.45) is 5.92 Å². The number of thiophene rings is 1. The zero-order valence-electron chi connectivity index (χ0n) is 17.2. The maximum absolute atomic E-state index is 13.3. The van der Waals surface area contributed by atoms with Gasteiger partial charge in [0.25, 0.3) is 5.56 Å². The molecule has 0 saturated carbocycles. The molecule has 1 aliphatic carbocycles. The Labute approximate surface area is 173 Å². The third kappa shape index (κ3) is 3.92. The molecule has 8 heteroatoms. The first-order valence-electron chi connectivity index (χ1n) is 10.7. The van der Waals surface area contributed by atoms with Crippen LogP contribution in [0.15, 0.2) is 9.59 Å². The van der Waals surface area contributed by atoms with Crippen LogP contribution in [0.1, 0.15) is 43.6 Å². The third-order valence-corrected chi connectivity index (χ3v) is 7.37. The van der Waals surface area contributed by atoms with Gasteiger partial charge in [0.2, 0.25) is 0 Å². The van der Waals surface area contributed by atoms with Gasteiger partial charge in [0, 0.05) is 18.0 Å².